The third kappa shape index (κ3) is 17.5. The third-order valence-corrected chi connectivity index (χ3v) is 4.64. The van der Waals surface area contributed by atoms with Crippen molar-refractivity contribution in [3.63, 3.8) is 0 Å². The molecule has 0 heterocycles. The molecule has 1 atom stereocenters. The maximum Gasteiger partial charge on any atom is 0.320 e. The minimum atomic E-state index is -1.02. The number of carboxylic acid groups (broad SMARTS) is 2. The highest BCUT2D eigenvalue weighted by molar-refractivity contribution is 5.75. The molecule has 0 rings (SSSR count). The van der Waals surface area contributed by atoms with Crippen LogP contribution in [0.25, 0.3) is 0 Å². The molecule has 0 amide bonds. The Morgan fingerprint density at radius 3 is 1.48 bits per heavy atom. The van der Waals surface area contributed by atoms with E-state index in [1.807, 2.05) is 0 Å². The predicted molar refractivity (Wildman–Crippen MR) is 102 cm³/mol. The first-order chi connectivity index (χ1) is 12.1. The monoisotopic (exact) mass is 357 g/mol. The summed E-state index contributed by atoms with van der Waals surface area (Å²) in [7, 11) is 0. The molecule has 0 spiro atoms. The number of unbranched alkanes of at least 4 members (excludes halogenated alkanes) is 13. The van der Waals surface area contributed by atoms with Gasteiger partial charge in [-0.3, -0.25) is 14.9 Å². The van der Waals surface area contributed by atoms with Gasteiger partial charge in [0.15, 0.2) is 0 Å². The average molecular weight is 358 g/mol. The molecular weight excluding hydrogens is 318 g/mol. The van der Waals surface area contributed by atoms with Crippen LogP contribution in [0.1, 0.15) is 103 Å². The van der Waals surface area contributed by atoms with Crippen LogP contribution in [0.3, 0.4) is 0 Å². The van der Waals surface area contributed by atoms with Crippen molar-refractivity contribution in [3.8, 4) is 0 Å². The molecule has 148 valence electrons. The molecule has 0 fully saturated rings. The highest BCUT2D eigenvalue weighted by Gasteiger charge is 2.16. The molecule has 0 aromatic heterocycles. The molecule has 0 saturated heterocycles. The number of hydrogen-bond donors (Lipinski definition) is 3. The van der Waals surface area contributed by atoms with Crippen LogP contribution in [0.2, 0.25) is 0 Å². The van der Waals surface area contributed by atoms with Crippen LogP contribution in [0, 0.1) is 0 Å². The van der Waals surface area contributed by atoms with E-state index < -0.39 is 18.0 Å². The van der Waals surface area contributed by atoms with Crippen LogP contribution in [0.15, 0.2) is 0 Å². The van der Waals surface area contributed by atoms with Gasteiger partial charge in [0.25, 0.3) is 0 Å². The van der Waals surface area contributed by atoms with Gasteiger partial charge in [0, 0.05) is 0 Å². The summed E-state index contributed by atoms with van der Waals surface area (Å²) in [6.07, 6.45) is 18.3. The number of carboxylic acids is 2. The highest BCUT2D eigenvalue weighted by atomic mass is 16.4. The third-order valence-electron chi connectivity index (χ3n) is 4.64. The smallest absolute Gasteiger partial charge is 0.320 e. The Balaban J connectivity index is 3.34. The second kappa shape index (κ2) is 17.7. The Morgan fingerprint density at radius 2 is 1.12 bits per heavy atom. The number of rotatable bonds is 19. The second-order valence-electron chi connectivity index (χ2n) is 7.05. The van der Waals surface area contributed by atoms with Gasteiger partial charge in [-0.05, 0) is 6.42 Å². The fourth-order valence-corrected chi connectivity index (χ4v) is 3.07. The summed E-state index contributed by atoms with van der Waals surface area (Å²) in [5.41, 5.74) is 0. The maximum absolute atomic E-state index is 11.0. The first-order valence-electron chi connectivity index (χ1n) is 10.3. The fourth-order valence-electron chi connectivity index (χ4n) is 3.07. The van der Waals surface area contributed by atoms with E-state index in [0.717, 1.165) is 19.3 Å². The van der Waals surface area contributed by atoms with E-state index in [1.54, 1.807) is 0 Å². The minimum absolute atomic E-state index is 0.296. The average Bonchev–Trinajstić information content (AvgIpc) is 2.57. The SMILES string of the molecule is CCCCCCCCCCCCCCCCC(NCC(=O)O)C(=O)O. The Bertz CT molecular complexity index is 334. The van der Waals surface area contributed by atoms with Gasteiger partial charge in [-0.15, -0.1) is 0 Å². The fraction of sp³-hybridized carbons (Fsp3) is 0.900. The standard InChI is InChI=1S/C20H39NO4/c1-2-3-4-5-6-7-8-9-10-11-12-13-14-15-16-18(20(24)25)21-17-19(22)23/h18,21H,2-17H2,1H3,(H,22,23)(H,24,25). The minimum Gasteiger partial charge on any atom is -0.480 e. The zero-order valence-corrected chi connectivity index (χ0v) is 16.1. The Hall–Kier alpha value is -1.10. The summed E-state index contributed by atoms with van der Waals surface area (Å²) in [4.78, 5) is 21.5. The molecule has 25 heavy (non-hydrogen) atoms. The van der Waals surface area contributed by atoms with Crippen molar-refractivity contribution in [2.75, 3.05) is 6.54 Å². The van der Waals surface area contributed by atoms with E-state index in [-0.39, 0.29) is 6.54 Å². The van der Waals surface area contributed by atoms with Gasteiger partial charge in [-0.1, -0.05) is 96.8 Å². The van der Waals surface area contributed by atoms with Gasteiger partial charge in [0.1, 0.15) is 6.04 Å². The zero-order valence-electron chi connectivity index (χ0n) is 16.1. The topological polar surface area (TPSA) is 86.6 Å². The number of aliphatic carboxylic acids is 2. The summed E-state index contributed by atoms with van der Waals surface area (Å²) in [6.45, 7) is 1.95. The molecular formula is C20H39NO4. The predicted octanol–water partition coefficient (Wildman–Crippen LogP) is 4.99. The van der Waals surface area contributed by atoms with E-state index in [9.17, 15) is 9.59 Å². The van der Waals surface area contributed by atoms with E-state index in [4.69, 9.17) is 10.2 Å². The maximum atomic E-state index is 11.0. The number of nitrogens with one attached hydrogen (secondary N) is 1. The molecule has 0 aliphatic rings. The van der Waals surface area contributed by atoms with Gasteiger partial charge in [-0.25, -0.2) is 0 Å². The van der Waals surface area contributed by atoms with Crippen molar-refractivity contribution < 1.29 is 19.8 Å². The van der Waals surface area contributed by atoms with Crippen LogP contribution in [-0.4, -0.2) is 34.7 Å². The van der Waals surface area contributed by atoms with Crippen LogP contribution in [0.5, 0.6) is 0 Å². The molecule has 0 aliphatic carbocycles. The van der Waals surface area contributed by atoms with Crippen molar-refractivity contribution in [1.82, 2.24) is 5.32 Å². The Labute approximate surface area is 153 Å². The van der Waals surface area contributed by atoms with Crippen molar-refractivity contribution in [2.24, 2.45) is 0 Å². The first kappa shape index (κ1) is 23.9. The van der Waals surface area contributed by atoms with Gasteiger partial charge in [-0.2, -0.15) is 0 Å². The first-order valence-corrected chi connectivity index (χ1v) is 10.3. The molecule has 5 nitrogen and oxygen atoms in total. The quantitative estimate of drug-likeness (QED) is 0.284. The summed E-state index contributed by atoms with van der Waals surface area (Å²) in [6, 6.07) is -0.742. The summed E-state index contributed by atoms with van der Waals surface area (Å²) < 4.78 is 0. The van der Waals surface area contributed by atoms with Crippen molar-refractivity contribution in [2.45, 2.75) is 109 Å². The lowest BCUT2D eigenvalue weighted by atomic mass is 10.0. The Morgan fingerprint density at radius 1 is 0.720 bits per heavy atom. The molecule has 0 radical (unpaired) electrons. The largest absolute Gasteiger partial charge is 0.480 e. The highest BCUT2D eigenvalue weighted by Crippen LogP contribution is 2.13. The number of carbonyl (C=O) groups is 2. The van der Waals surface area contributed by atoms with E-state index in [2.05, 4.69) is 12.2 Å². The number of hydrogen-bond acceptors (Lipinski definition) is 3. The van der Waals surface area contributed by atoms with E-state index >= 15 is 0 Å². The second-order valence-corrected chi connectivity index (χ2v) is 7.05. The van der Waals surface area contributed by atoms with Crippen LogP contribution < -0.4 is 5.32 Å². The van der Waals surface area contributed by atoms with Crippen LogP contribution >= 0.6 is 0 Å². The summed E-state index contributed by atoms with van der Waals surface area (Å²) in [5, 5.41) is 20.2. The molecule has 3 N–H and O–H groups in total. The Kier molecular flexibility index (Phi) is 16.9. The van der Waals surface area contributed by atoms with Crippen molar-refractivity contribution in [3.05, 3.63) is 0 Å². The van der Waals surface area contributed by atoms with Gasteiger partial charge < -0.3 is 10.2 Å². The van der Waals surface area contributed by atoms with Crippen LogP contribution in [0.4, 0.5) is 0 Å². The summed E-state index contributed by atoms with van der Waals surface area (Å²) in [5.74, 6) is -1.98. The molecule has 0 saturated carbocycles. The molecule has 0 aromatic rings. The molecule has 0 aromatic carbocycles. The lowest BCUT2D eigenvalue weighted by molar-refractivity contribution is -0.140. The summed E-state index contributed by atoms with van der Waals surface area (Å²) >= 11 is 0. The van der Waals surface area contributed by atoms with E-state index in [1.165, 1.54) is 70.6 Å². The zero-order chi connectivity index (χ0) is 18.8. The molecule has 0 bridgehead atoms. The van der Waals surface area contributed by atoms with Gasteiger partial charge >= 0.3 is 11.9 Å². The van der Waals surface area contributed by atoms with Crippen molar-refractivity contribution in [1.29, 1.82) is 0 Å². The molecule has 5 heteroatoms. The molecule has 0 aliphatic heterocycles. The van der Waals surface area contributed by atoms with Gasteiger partial charge in [0.2, 0.25) is 0 Å². The van der Waals surface area contributed by atoms with Gasteiger partial charge in [0.05, 0.1) is 6.54 Å². The normalized spacial score (nSPS) is 12.2. The van der Waals surface area contributed by atoms with E-state index in [0.29, 0.717) is 6.42 Å². The lowest BCUT2D eigenvalue weighted by Gasteiger charge is -2.12. The lowest BCUT2D eigenvalue weighted by Crippen LogP contribution is -2.39. The molecule has 1 unspecified atom stereocenters. The van der Waals surface area contributed by atoms with Crippen molar-refractivity contribution >= 4 is 11.9 Å². The van der Waals surface area contributed by atoms with Crippen LogP contribution in [-0.2, 0) is 9.59 Å².